The van der Waals surface area contributed by atoms with Crippen LogP contribution in [-0.4, -0.2) is 49.7 Å². The van der Waals surface area contributed by atoms with Crippen LogP contribution in [0.2, 0.25) is 0 Å². The standard InChI is InChI=1S/C14H22N2O2S/c1-11(2)9-16-5-6-18-12(10-16)8-15-14(17)13-4-3-7-19-13/h3-4,7,11-12H,5-6,8-10H2,1-2H3,(H,15,17)/t12-/m1/s1. The molecule has 19 heavy (non-hydrogen) atoms. The Morgan fingerprint density at radius 2 is 2.47 bits per heavy atom. The number of nitrogens with one attached hydrogen (secondary N) is 1. The van der Waals surface area contributed by atoms with Crippen molar-refractivity contribution in [1.29, 1.82) is 0 Å². The van der Waals surface area contributed by atoms with Gasteiger partial charge in [-0.25, -0.2) is 0 Å². The summed E-state index contributed by atoms with van der Waals surface area (Å²) >= 11 is 1.46. The molecule has 1 fully saturated rings. The van der Waals surface area contributed by atoms with E-state index in [1.807, 2.05) is 17.5 Å². The molecule has 0 spiro atoms. The highest BCUT2D eigenvalue weighted by atomic mass is 32.1. The molecular weight excluding hydrogens is 260 g/mol. The zero-order valence-electron chi connectivity index (χ0n) is 11.6. The number of ether oxygens (including phenoxy) is 1. The fourth-order valence-corrected chi connectivity index (χ4v) is 2.93. The Labute approximate surface area is 118 Å². The maximum absolute atomic E-state index is 11.8. The van der Waals surface area contributed by atoms with E-state index >= 15 is 0 Å². The fraction of sp³-hybridized carbons (Fsp3) is 0.643. The van der Waals surface area contributed by atoms with Crippen LogP contribution in [0.15, 0.2) is 17.5 Å². The Hall–Kier alpha value is -0.910. The maximum atomic E-state index is 11.8. The number of carbonyl (C=O) groups is 1. The van der Waals surface area contributed by atoms with Gasteiger partial charge >= 0.3 is 0 Å². The van der Waals surface area contributed by atoms with E-state index in [0.29, 0.717) is 12.5 Å². The second-order valence-electron chi connectivity index (χ2n) is 5.33. The monoisotopic (exact) mass is 282 g/mol. The third-order valence-corrected chi connectivity index (χ3v) is 3.95. The smallest absolute Gasteiger partial charge is 0.261 e. The average molecular weight is 282 g/mol. The molecule has 1 aromatic heterocycles. The molecule has 1 amide bonds. The molecule has 1 atom stereocenters. The molecule has 1 aliphatic rings. The Balaban J connectivity index is 1.75. The molecule has 106 valence electrons. The van der Waals surface area contributed by atoms with Gasteiger partial charge in [-0.1, -0.05) is 19.9 Å². The number of rotatable bonds is 5. The maximum Gasteiger partial charge on any atom is 0.261 e. The molecule has 0 aliphatic carbocycles. The molecule has 2 heterocycles. The van der Waals surface area contributed by atoms with Crippen LogP contribution < -0.4 is 5.32 Å². The molecule has 1 aliphatic heterocycles. The van der Waals surface area contributed by atoms with Crippen molar-refractivity contribution in [3.8, 4) is 0 Å². The summed E-state index contributed by atoms with van der Waals surface area (Å²) in [5.74, 6) is 0.666. The molecule has 2 rings (SSSR count). The van der Waals surface area contributed by atoms with E-state index in [1.165, 1.54) is 11.3 Å². The van der Waals surface area contributed by atoms with Crippen molar-refractivity contribution in [3.05, 3.63) is 22.4 Å². The van der Waals surface area contributed by atoms with Gasteiger partial charge in [-0.3, -0.25) is 9.69 Å². The van der Waals surface area contributed by atoms with E-state index < -0.39 is 0 Å². The lowest BCUT2D eigenvalue weighted by Crippen LogP contribution is -2.48. The van der Waals surface area contributed by atoms with E-state index in [-0.39, 0.29) is 12.0 Å². The van der Waals surface area contributed by atoms with Crippen molar-refractivity contribution in [2.75, 3.05) is 32.8 Å². The molecule has 0 unspecified atom stereocenters. The Bertz CT molecular complexity index is 392. The minimum Gasteiger partial charge on any atom is -0.374 e. The van der Waals surface area contributed by atoms with Gasteiger partial charge in [0.1, 0.15) is 0 Å². The molecule has 5 heteroatoms. The summed E-state index contributed by atoms with van der Waals surface area (Å²) in [4.78, 5) is 15.0. The van der Waals surface area contributed by atoms with Crippen molar-refractivity contribution >= 4 is 17.2 Å². The van der Waals surface area contributed by atoms with Crippen LogP contribution in [0.3, 0.4) is 0 Å². The minimum absolute atomic E-state index is 0.000386. The second kappa shape index (κ2) is 7.03. The highest BCUT2D eigenvalue weighted by molar-refractivity contribution is 7.12. The molecule has 1 aromatic rings. The molecular formula is C14H22N2O2S. The molecule has 0 bridgehead atoms. The fourth-order valence-electron chi connectivity index (χ4n) is 2.29. The second-order valence-corrected chi connectivity index (χ2v) is 6.28. The lowest BCUT2D eigenvalue weighted by atomic mass is 10.2. The quantitative estimate of drug-likeness (QED) is 0.896. The number of morpholine rings is 1. The van der Waals surface area contributed by atoms with Gasteiger partial charge in [0.2, 0.25) is 0 Å². The Kier molecular flexibility index (Phi) is 5.36. The minimum atomic E-state index is -0.000386. The third kappa shape index (κ3) is 4.60. The van der Waals surface area contributed by atoms with Crippen LogP contribution in [-0.2, 0) is 4.74 Å². The number of hydrogen-bond donors (Lipinski definition) is 1. The van der Waals surface area contributed by atoms with Gasteiger partial charge in [-0.2, -0.15) is 0 Å². The number of nitrogens with zero attached hydrogens (tertiary/aromatic N) is 1. The van der Waals surface area contributed by atoms with Gasteiger partial charge in [-0.15, -0.1) is 11.3 Å². The summed E-state index contributed by atoms with van der Waals surface area (Å²) in [5, 5.41) is 4.86. The number of thiophene rings is 1. The zero-order chi connectivity index (χ0) is 13.7. The number of carbonyl (C=O) groups excluding carboxylic acids is 1. The predicted molar refractivity (Wildman–Crippen MR) is 77.7 cm³/mol. The summed E-state index contributed by atoms with van der Waals surface area (Å²) in [5.41, 5.74) is 0. The van der Waals surface area contributed by atoms with Crippen LogP contribution in [0.4, 0.5) is 0 Å². The summed E-state index contributed by atoms with van der Waals surface area (Å²) < 4.78 is 5.70. The van der Waals surface area contributed by atoms with Crippen molar-refractivity contribution in [3.63, 3.8) is 0 Å². The molecule has 1 saturated heterocycles. The van der Waals surface area contributed by atoms with Crippen LogP contribution in [0.1, 0.15) is 23.5 Å². The first-order valence-corrected chi connectivity index (χ1v) is 7.69. The van der Waals surface area contributed by atoms with Gasteiger partial charge < -0.3 is 10.1 Å². The zero-order valence-corrected chi connectivity index (χ0v) is 12.4. The molecule has 0 saturated carbocycles. The van der Waals surface area contributed by atoms with E-state index in [9.17, 15) is 4.79 Å². The van der Waals surface area contributed by atoms with Gasteiger partial charge in [0.05, 0.1) is 17.6 Å². The highest BCUT2D eigenvalue weighted by Crippen LogP contribution is 2.10. The third-order valence-electron chi connectivity index (χ3n) is 3.08. The largest absolute Gasteiger partial charge is 0.374 e. The van der Waals surface area contributed by atoms with E-state index in [0.717, 1.165) is 31.1 Å². The summed E-state index contributed by atoms with van der Waals surface area (Å²) in [6, 6.07) is 3.73. The summed E-state index contributed by atoms with van der Waals surface area (Å²) in [6.07, 6.45) is 0.108. The van der Waals surface area contributed by atoms with Gasteiger partial charge in [-0.05, 0) is 17.4 Å². The first-order chi connectivity index (χ1) is 9.15. The Morgan fingerprint density at radius 1 is 1.63 bits per heavy atom. The van der Waals surface area contributed by atoms with Crippen molar-refractivity contribution < 1.29 is 9.53 Å². The average Bonchev–Trinajstić information content (AvgIpc) is 2.89. The lowest BCUT2D eigenvalue weighted by Gasteiger charge is -2.33. The van der Waals surface area contributed by atoms with Crippen molar-refractivity contribution in [2.45, 2.75) is 20.0 Å². The normalized spacial score (nSPS) is 20.7. The van der Waals surface area contributed by atoms with Gasteiger partial charge in [0.25, 0.3) is 5.91 Å². The summed E-state index contributed by atoms with van der Waals surface area (Å²) in [7, 11) is 0. The number of amides is 1. The first-order valence-electron chi connectivity index (χ1n) is 6.81. The van der Waals surface area contributed by atoms with Crippen LogP contribution in [0.5, 0.6) is 0 Å². The first kappa shape index (κ1) is 14.5. The van der Waals surface area contributed by atoms with Crippen LogP contribution >= 0.6 is 11.3 Å². The van der Waals surface area contributed by atoms with Crippen LogP contribution in [0.25, 0.3) is 0 Å². The molecule has 4 nitrogen and oxygen atoms in total. The highest BCUT2D eigenvalue weighted by Gasteiger charge is 2.21. The summed E-state index contributed by atoms with van der Waals surface area (Å²) in [6.45, 7) is 8.79. The topological polar surface area (TPSA) is 41.6 Å². The van der Waals surface area contributed by atoms with Crippen LogP contribution in [0, 0.1) is 5.92 Å². The van der Waals surface area contributed by atoms with Crippen molar-refractivity contribution in [1.82, 2.24) is 10.2 Å². The Morgan fingerprint density at radius 3 is 3.16 bits per heavy atom. The van der Waals surface area contributed by atoms with E-state index in [2.05, 4.69) is 24.1 Å². The van der Waals surface area contributed by atoms with Gasteiger partial charge in [0.15, 0.2) is 0 Å². The van der Waals surface area contributed by atoms with Gasteiger partial charge in [0, 0.05) is 26.2 Å². The molecule has 1 N–H and O–H groups in total. The van der Waals surface area contributed by atoms with E-state index in [1.54, 1.807) is 0 Å². The predicted octanol–water partition coefficient (Wildman–Crippen LogP) is 1.83. The molecule has 0 aromatic carbocycles. The SMILES string of the molecule is CC(C)CN1CCO[C@H](CNC(=O)c2cccs2)C1. The number of hydrogen-bond acceptors (Lipinski definition) is 4. The molecule has 0 radical (unpaired) electrons. The van der Waals surface area contributed by atoms with E-state index in [4.69, 9.17) is 4.74 Å². The van der Waals surface area contributed by atoms with Crippen molar-refractivity contribution in [2.24, 2.45) is 5.92 Å². The lowest BCUT2D eigenvalue weighted by molar-refractivity contribution is -0.0295.